The lowest BCUT2D eigenvalue weighted by atomic mass is 10.4. The first-order chi connectivity index (χ1) is 6.18. The normalized spacial score (nSPS) is 8.62. The Hall–Kier alpha value is -2.09. The van der Waals surface area contributed by atoms with E-state index in [-0.39, 0.29) is 12.0 Å². The lowest BCUT2D eigenvalue weighted by Gasteiger charge is -1.85. The van der Waals surface area contributed by atoms with E-state index in [4.69, 9.17) is 5.73 Å². The zero-order chi connectivity index (χ0) is 9.68. The summed E-state index contributed by atoms with van der Waals surface area (Å²) in [7, 11) is 0. The molecular weight excluding hydrogens is 170 g/mol. The highest BCUT2D eigenvalue weighted by Crippen LogP contribution is 1.83. The Bertz CT molecular complexity index is 405. The van der Waals surface area contributed by atoms with Crippen LogP contribution in [0, 0.1) is 11.8 Å². The van der Waals surface area contributed by atoms with Gasteiger partial charge in [-0.05, 0) is 5.92 Å². The van der Waals surface area contributed by atoms with Crippen LogP contribution in [-0.2, 0) is 4.79 Å². The van der Waals surface area contributed by atoms with Crippen LogP contribution in [0.4, 0.5) is 0 Å². The van der Waals surface area contributed by atoms with E-state index < -0.39 is 5.91 Å². The van der Waals surface area contributed by atoms with Crippen LogP contribution < -0.4 is 11.3 Å². The van der Waals surface area contributed by atoms with Crippen molar-refractivity contribution in [2.24, 2.45) is 5.73 Å². The first-order valence-corrected chi connectivity index (χ1v) is 3.50. The number of nitrogens with two attached hydrogens (primary N) is 1. The van der Waals surface area contributed by atoms with Gasteiger partial charge in [0.25, 0.3) is 5.56 Å². The van der Waals surface area contributed by atoms with Crippen molar-refractivity contribution >= 4 is 5.91 Å². The molecule has 0 unspecified atom stereocenters. The monoisotopic (exact) mass is 177 g/mol. The molecule has 0 aromatic carbocycles. The Labute approximate surface area is 74.0 Å². The summed E-state index contributed by atoms with van der Waals surface area (Å²) < 4.78 is 0. The van der Waals surface area contributed by atoms with Gasteiger partial charge in [0.1, 0.15) is 5.69 Å². The summed E-state index contributed by atoms with van der Waals surface area (Å²) in [5.41, 5.74) is 4.97. The van der Waals surface area contributed by atoms with E-state index in [2.05, 4.69) is 21.8 Å². The van der Waals surface area contributed by atoms with Gasteiger partial charge < -0.3 is 10.7 Å². The second kappa shape index (κ2) is 4.07. The van der Waals surface area contributed by atoms with Crippen molar-refractivity contribution in [1.82, 2.24) is 9.97 Å². The molecule has 0 aliphatic heterocycles. The zero-order valence-electron chi connectivity index (χ0n) is 6.70. The maximum Gasteiger partial charge on any atom is 0.266 e. The predicted octanol–water partition coefficient (Wildman–Crippen LogP) is -1.00. The van der Waals surface area contributed by atoms with Crippen molar-refractivity contribution in [3.05, 3.63) is 28.4 Å². The topological polar surface area (TPSA) is 88.8 Å². The fourth-order valence-electron chi connectivity index (χ4n) is 0.632. The number of amides is 1. The van der Waals surface area contributed by atoms with Gasteiger partial charge in [0.05, 0.1) is 12.6 Å². The lowest BCUT2D eigenvalue weighted by molar-refractivity contribution is -0.117. The van der Waals surface area contributed by atoms with Gasteiger partial charge in [-0.1, -0.05) is 5.92 Å². The fraction of sp³-hybridized carbons (Fsp3) is 0.125. The molecule has 13 heavy (non-hydrogen) atoms. The van der Waals surface area contributed by atoms with Gasteiger partial charge in [0.15, 0.2) is 0 Å². The van der Waals surface area contributed by atoms with Crippen molar-refractivity contribution in [2.75, 3.05) is 0 Å². The van der Waals surface area contributed by atoms with Crippen molar-refractivity contribution in [2.45, 2.75) is 6.42 Å². The molecule has 5 heteroatoms. The van der Waals surface area contributed by atoms with Crippen molar-refractivity contribution < 1.29 is 4.79 Å². The molecule has 1 heterocycles. The molecule has 0 radical (unpaired) electrons. The number of hydrogen-bond acceptors (Lipinski definition) is 3. The van der Waals surface area contributed by atoms with E-state index in [1.807, 2.05) is 0 Å². The minimum Gasteiger partial charge on any atom is -0.369 e. The number of hydrogen-bond donors (Lipinski definition) is 2. The summed E-state index contributed by atoms with van der Waals surface area (Å²) in [4.78, 5) is 27.0. The minimum absolute atomic E-state index is 0.0131. The maximum atomic E-state index is 10.6. The first kappa shape index (κ1) is 9.00. The molecule has 1 aromatic heterocycles. The maximum absolute atomic E-state index is 10.6. The van der Waals surface area contributed by atoms with Crippen molar-refractivity contribution in [3.63, 3.8) is 0 Å². The van der Waals surface area contributed by atoms with E-state index in [1.54, 1.807) is 0 Å². The second-order valence-corrected chi connectivity index (χ2v) is 2.24. The number of primary amides is 1. The van der Waals surface area contributed by atoms with Gasteiger partial charge in [-0.2, -0.15) is 0 Å². The number of rotatable bonds is 1. The number of nitrogens with zero attached hydrogens (tertiary/aromatic N) is 1. The molecule has 0 bridgehead atoms. The van der Waals surface area contributed by atoms with E-state index in [0.717, 1.165) is 6.20 Å². The van der Waals surface area contributed by atoms with E-state index in [1.165, 1.54) is 6.20 Å². The molecule has 3 N–H and O–H groups in total. The van der Waals surface area contributed by atoms with Gasteiger partial charge >= 0.3 is 0 Å². The average molecular weight is 177 g/mol. The minimum atomic E-state index is -0.489. The van der Waals surface area contributed by atoms with Gasteiger partial charge in [-0.15, -0.1) is 0 Å². The van der Waals surface area contributed by atoms with Crippen LogP contribution in [0.2, 0.25) is 0 Å². The van der Waals surface area contributed by atoms with Crippen LogP contribution in [0.15, 0.2) is 17.2 Å². The van der Waals surface area contributed by atoms with Crippen LogP contribution in [0.1, 0.15) is 12.1 Å². The quantitative estimate of drug-likeness (QED) is 0.539. The van der Waals surface area contributed by atoms with E-state index in [0.29, 0.717) is 5.69 Å². The highest BCUT2D eigenvalue weighted by molar-refractivity contribution is 5.76. The number of carbonyl (C=O) groups is 1. The largest absolute Gasteiger partial charge is 0.369 e. The number of nitrogens with one attached hydrogen (secondary N) is 1. The van der Waals surface area contributed by atoms with Gasteiger partial charge in [0.2, 0.25) is 5.91 Å². The highest BCUT2D eigenvalue weighted by atomic mass is 16.1. The third-order valence-corrected chi connectivity index (χ3v) is 1.15. The van der Waals surface area contributed by atoms with E-state index >= 15 is 0 Å². The average Bonchev–Trinajstić information content (AvgIpc) is 2.08. The molecule has 1 rings (SSSR count). The summed E-state index contributed by atoms with van der Waals surface area (Å²) in [6.07, 6.45) is 2.48. The summed E-state index contributed by atoms with van der Waals surface area (Å²) in [5, 5.41) is 0. The number of carbonyl (C=O) groups excluding carboxylic acids is 1. The summed E-state index contributed by atoms with van der Waals surface area (Å²) in [5.74, 6) is 4.59. The third kappa shape index (κ3) is 3.20. The van der Waals surface area contributed by atoms with Gasteiger partial charge in [-0.25, -0.2) is 4.98 Å². The predicted molar refractivity (Wildman–Crippen MR) is 45.5 cm³/mol. The molecule has 0 aliphatic rings. The lowest BCUT2D eigenvalue weighted by Crippen LogP contribution is -2.08. The zero-order valence-corrected chi connectivity index (χ0v) is 6.70. The van der Waals surface area contributed by atoms with Crippen LogP contribution in [0.5, 0.6) is 0 Å². The Kier molecular flexibility index (Phi) is 2.82. The molecule has 0 saturated heterocycles. The smallest absolute Gasteiger partial charge is 0.266 e. The number of H-pyrrole nitrogens is 1. The molecule has 5 nitrogen and oxygen atoms in total. The standard InChI is InChI=1S/C8H7N3O2/c9-7(12)3-1-2-6-4-11-8(13)5-10-6/h4-5H,3H2,(H2,9,12)(H,11,13). The van der Waals surface area contributed by atoms with Crippen LogP contribution in [-0.4, -0.2) is 15.9 Å². The van der Waals surface area contributed by atoms with Gasteiger partial charge in [0, 0.05) is 6.20 Å². The van der Waals surface area contributed by atoms with Crippen molar-refractivity contribution in [3.8, 4) is 11.8 Å². The second-order valence-electron chi connectivity index (χ2n) is 2.24. The summed E-state index contributed by atoms with van der Waals surface area (Å²) >= 11 is 0. The summed E-state index contributed by atoms with van der Waals surface area (Å²) in [6, 6.07) is 0. The van der Waals surface area contributed by atoms with Gasteiger partial charge in [-0.3, -0.25) is 9.59 Å². The van der Waals surface area contributed by atoms with Crippen LogP contribution >= 0.6 is 0 Å². The van der Waals surface area contributed by atoms with E-state index in [9.17, 15) is 9.59 Å². The molecule has 0 aliphatic carbocycles. The SMILES string of the molecule is NC(=O)CC#Cc1c[nH]c(=O)cn1. The molecule has 66 valence electrons. The van der Waals surface area contributed by atoms with Crippen LogP contribution in [0.25, 0.3) is 0 Å². The Morgan fingerprint density at radius 1 is 1.69 bits per heavy atom. The molecule has 1 amide bonds. The highest BCUT2D eigenvalue weighted by Gasteiger charge is 1.88. The Morgan fingerprint density at radius 3 is 3.00 bits per heavy atom. The molecule has 0 saturated carbocycles. The number of aromatic amines is 1. The number of aromatic nitrogens is 2. The first-order valence-electron chi connectivity index (χ1n) is 3.50. The molecule has 0 fully saturated rings. The Morgan fingerprint density at radius 2 is 2.46 bits per heavy atom. The molecule has 0 atom stereocenters. The fourth-order valence-corrected chi connectivity index (χ4v) is 0.632. The molecular formula is C8H7N3O2. The molecule has 1 aromatic rings. The van der Waals surface area contributed by atoms with Crippen LogP contribution in [0.3, 0.4) is 0 Å². The Balaban J connectivity index is 2.72. The summed E-state index contributed by atoms with van der Waals surface area (Å²) in [6.45, 7) is 0. The van der Waals surface area contributed by atoms with Crippen molar-refractivity contribution in [1.29, 1.82) is 0 Å². The molecule has 0 spiro atoms. The third-order valence-electron chi connectivity index (χ3n) is 1.15.